The van der Waals surface area contributed by atoms with E-state index in [1.165, 1.54) is 0 Å². The Labute approximate surface area is 223 Å². The number of nitrogens with one attached hydrogen (secondary N) is 1. The molecule has 7 heteroatoms. The Balaban J connectivity index is 1.71. The second kappa shape index (κ2) is 11.9. The van der Waals surface area contributed by atoms with Crippen molar-refractivity contribution in [1.29, 1.82) is 0 Å². The summed E-state index contributed by atoms with van der Waals surface area (Å²) < 4.78 is 16.5. The van der Waals surface area contributed by atoms with Crippen molar-refractivity contribution in [3.8, 4) is 11.5 Å². The summed E-state index contributed by atoms with van der Waals surface area (Å²) in [6.07, 6.45) is 1.01. The Bertz CT molecular complexity index is 1250. The highest BCUT2D eigenvalue weighted by Gasteiger charge is 2.41. The minimum absolute atomic E-state index is 0.0101. The van der Waals surface area contributed by atoms with Gasteiger partial charge in [0.2, 0.25) is 0 Å². The number of ether oxygens (including phenoxy) is 3. The van der Waals surface area contributed by atoms with Gasteiger partial charge in [-0.25, -0.2) is 4.79 Å². The average molecular weight is 522 g/mol. The van der Waals surface area contributed by atoms with Crippen LogP contribution < -0.4 is 14.8 Å². The van der Waals surface area contributed by atoms with E-state index in [9.17, 15) is 9.59 Å². The van der Waals surface area contributed by atoms with Crippen molar-refractivity contribution >= 4 is 23.5 Å². The van der Waals surface area contributed by atoms with Crippen LogP contribution in [0.3, 0.4) is 0 Å². The molecule has 0 fully saturated rings. The van der Waals surface area contributed by atoms with Crippen LogP contribution in [0.5, 0.6) is 11.5 Å². The predicted octanol–water partition coefficient (Wildman–Crippen LogP) is 5.67. The van der Waals surface area contributed by atoms with E-state index in [-0.39, 0.29) is 17.7 Å². The minimum atomic E-state index is -0.457. The second-order valence-corrected chi connectivity index (χ2v) is 10.8. The molecule has 1 aliphatic carbocycles. The third-order valence-corrected chi connectivity index (χ3v) is 7.83. The number of benzene rings is 2. The molecule has 4 rings (SSSR count). The smallest absolute Gasteiger partial charge is 0.336 e. The lowest BCUT2D eigenvalue weighted by molar-refractivity contribution is -0.138. The topological polar surface area (TPSA) is 73.9 Å². The van der Waals surface area contributed by atoms with Gasteiger partial charge in [-0.15, -0.1) is 0 Å². The largest absolute Gasteiger partial charge is 0.493 e. The lowest BCUT2D eigenvalue weighted by atomic mass is 9.71. The number of esters is 1. The van der Waals surface area contributed by atoms with E-state index < -0.39 is 5.92 Å². The van der Waals surface area contributed by atoms with E-state index in [2.05, 4.69) is 18.3 Å². The van der Waals surface area contributed by atoms with Crippen molar-refractivity contribution in [3.63, 3.8) is 0 Å². The van der Waals surface area contributed by atoms with Gasteiger partial charge < -0.3 is 19.5 Å². The Hall–Kier alpha value is -3.19. The second-order valence-electron chi connectivity index (χ2n) is 9.38. The molecule has 2 atom stereocenters. The Morgan fingerprint density at radius 3 is 2.51 bits per heavy atom. The summed E-state index contributed by atoms with van der Waals surface area (Å²) in [5.41, 5.74) is 5.83. The van der Waals surface area contributed by atoms with Crippen LogP contribution in [-0.4, -0.2) is 44.1 Å². The molecule has 1 heterocycles. The van der Waals surface area contributed by atoms with Crippen LogP contribution >= 0.6 is 11.8 Å². The van der Waals surface area contributed by atoms with Gasteiger partial charge in [0, 0.05) is 35.1 Å². The molecule has 0 saturated carbocycles. The maximum atomic E-state index is 13.8. The molecular weight excluding hydrogens is 486 g/mol. The summed E-state index contributed by atoms with van der Waals surface area (Å²) in [6, 6.07) is 13.9. The highest BCUT2D eigenvalue weighted by Crippen LogP contribution is 2.46. The number of carbonyl (C=O) groups excluding carboxylic acids is 2. The van der Waals surface area contributed by atoms with Crippen molar-refractivity contribution in [2.45, 2.75) is 45.4 Å². The Morgan fingerprint density at radius 1 is 1.03 bits per heavy atom. The molecule has 0 aromatic heterocycles. The molecule has 0 unspecified atom stereocenters. The number of ketones is 1. The summed E-state index contributed by atoms with van der Waals surface area (Å²) in [4.78, 5) is 27.1. The zero-order valence-corrected chi connectivity index (χ0v) is 23.0. The van der Waals surface area contributed by atoms with E-state index >= 15 is 0 Å². The molecule has 6 nitrogen and oxygen atoms in total. The molecule has 2 aliphatic rings. The minimum Gasteiger partial charge on any atom is -0.493 e. The summed E-state index contributed by atoms with van der Waals surface area (Å²) >= 11 is 1.73. The fourth-order valence-electron chi connectivity index (χ4n) is 5.25. The number of rotatable bonds is 9. The maximum Gasteiger partial charge on any atom is 0.336 e. The molecule has 0 amide bonds. The first kappa shape index (κ1) is 26.9. The molecule has 0 saturated heterocycles. The molecular formula is C30H35NO5S. The quantitative estimate of drug-likeness (QED) is 0.337. The molecule has 1 aliphatic heterocycles. The fourth-order valence-corrected chi connectivity index (χ4v) is 5.74. The third kappa shape index (κ3) is 5.72. The standard InChI is InChI=1S/C30H35NO5S/c1-6-37-13-12-36-30(33)27-19(3)31-23-15-22(20-10-11-25(34-4)26(17-20)35-5)16-24(32)29(23)28(27)21-9-7-8-18(2)14-21/h7-11,14,17,22,28,31H,6,12-13,15-16H2,1-5H3/t22-,28-/m1/s1. The Kier molecular flexibility index (Phi) is 8.64. The van der Waals surface area contributed by atoms with Crippen LogP contribution in [0.25, 0.3) is 0 Å². The number of allylic oxidation sites excluding steroid dienone is 3. The van der Waals surface area contributed by atoms with E-state index in [0.29, 0.717) is 42.1 Å². The lowest BCUT2D eigenvalue weighted by Crippen LogP contribution is -2.36. The first-order chi connectivity index (χ1) is 17.9. The Morgan fingerprint density at radius 2 is 1.81 bits per heavy atom. The van der Waals surface area contributed by atoms with Crippen LogP contribution in [0.2, 0.25) is 0 Å². The van der Waals surface area contributed by atoms with E-state index in [4.69, 9.17) is 14.2 Å². The van der Waals surface area contributed by atoms with Gasteiger partial charge >= 0.3 is 5.97 Å². The zero-order chi connectivity index (χ0) is 26.5. The number of Topliss-reactive ketones (excluding diaryl/α,β-unsaturated/α-hetero) is 1. The molecule has 37 heavy (non-hydrogen) atoms. The van der Waals surface area contributed by atoms with E-state index in [1.54, 1.807) is 26.0 Å². The number of thioether (sulfide) groups is 1. The van der Waals surface area contributed by atoms with Gasteiger partial charge in [-0.05, 0) is 55.2 Å². The number of hydrogen-bond acceptors (Lipinski definition) is 7. The molecule has 0 spiro atoms. The van der Waals surface area contributed by atoms with Gasteiger partial charge in [0.05, 0.1) is 19.8 Å². The SMILES string of the molecule is CCSCCOC(=O)C1=C(C)NC2=C(C(=O)C[C@H](c3ccc(OC)c(OC)c3)C2)[C@@H]1c1cccc(C)c1. The highest BCUT2D eigenvalue weighted by atomic mass is 32.2. The van der Waals surface area contributed by atoms with Crippen LogP contribution in [0.1, 0.15) is 55.2 Å². The van der Waals surface area contributed by atoms with Gasteiger partial charge in [0.25, 0.3) is 0 Å². The number of aryl methyl sites for hydroxylation is 1. The lowest BCUT2D eigenvalue weighted by Gasteiger charge is -2.37. The van der Waals surface area contributed by atoms with Gasteiger partial charge in [-0.2, -0.15) is 11.8 Å². The first-order valence-corrected chi connectivity index (χ1v) is 13.8. The van der Waals surface area contributed by atoms with Gasteiger partial charge in [0.1, 0.15) is 6.61 Å². The van der Waals surface area contributed by atoms with Gasteiger partial charge in [-0.3, -0.25) is 4.79 Å². The summed E-state index contributed by atoms with van der Waals surface area (Å²) in [5.74, 6) is 2.22. The summed E-state index contributed by atoms with van der Waals surface area (Å²) in [6.45, 7) is 6.34. The average Bonchev–Trinajstić information content (AvgIpc) is 2.89. The van der Waals surface area contributed by atoms with Crippen LogP contribution in [0.4, 0.5) is 0 Å². The first-order valence-electron chi connectivity index (χ1n) is 12.6. The summed E-state index contributed by atoms with van der Waals surface area (Å²) in [5, 5.41) is 3.42. The molecule has 196 valence electrons. The molecule has 1 N–H and O–H groups in total. The highest BCUT2D eigenvalue weighted by molar-refractivity contribution is 7.99. The maximum absolute atomic E-state index is 13.8. The van der Waals surface area contributed by atoms with E-state index in [1.807, 2.05) is 50.2 Å². The molecule has 0 bridgehead atoms. The monoisotopic (exact) mass is 521 g/mol. The van der Waals surface area contributed by atoms with Crippen molar-refractivity contribution in [2.75, 3.05) is 32.3 Å². The fraction of sp³-hybridized carbons (Fsp3) is 0.400. The number of methoxy groups -OCH3 is 2. The number of carbonyl (C=O) groups is 2. The number of hydrogen-bond donors (Lipinski definition) is 1. The third-order valence-electron chi connectivity index (χ3n) is 6.97. The van der Waals surface area contributed by atoms with Gasteiger partial charge in [0.15, 0.2) is 17.3 Å². The van der Waals surface area contributed by atoms with Crippen molar-refractivity contribution in [3.05, 3.63) is 81.7 Å². The van der Waals surface area contributed by atoms with E-state index in [0.717, 1.165) is 39.6 Å². The molecule has 2 aromatic rings. The normalized spacial score (nSPS) is 19.3. The van der Waals surface area contributed by atoms with Crippen molar-refractivity contribution < 1.29 is 23.8 Å². The molecule has 2 aromatic carbocycles. The van der Waals surface area contributed by atoms with Crippen LogP contribution in [-0.2, 0) is 14.3 Å². The number of dihydropyridines is 1. The predicted molar refractivity (Wildman–Crippen MR) is 147 cm³/mol. The van der Waals surface area contributed by atoms with Crippen molar-refractivity contribution in [1.82, 2.24) is 5.32 Å². The van der Waals surface area contributed by atoms with Crippen LogP contribution in [0, 0.1) is 6.92 Å². The van der Waals surface area contributed by atoms with Gasteiger partial charge in [-0.1, -0.05) is 42.8 Å². The zero-order valence-electron chi connectivity index (χ0n) is 22.2. The summed E-state index contributed by atoms with van der Waals surface area (Å²) in [7, 11) is 3.22. The van der Waals surface area contributed by atoms with Crippen molar-refractivity contribution in [2.24, 2.45) is 0 Å². The van der Waals surface area contributed by atoms with Crippen LogP contribution in [0.15, 0.2) is 65.0 Å². The molecule has 0 radical (unpaired) electrons.